The molecule has 2 N–H and O–H groups in total. The van der Waals surface area contributed by atoms with Crippen LogP contribution in [0.5, 0.6) is 11.5 Å². The Morgan fingerprint density at radius 2 is 1.77 bits per heavy atom. The highest BCUT2D eigenvalue weighted by molar-refractivity contribution is 6.30. The highest BCUT2D eigenvalue weighted by atomic mass is 16.5. The third-order valence-electron chi connectivity index (χ3n) is 5.51. The second-order valence-electron chi connectivity index (χ2n) is 7.18. The van der Waals surface area contributed by atoms with Crippen molar-refractivity contribution < 1.29 is 34.1 Å². The fourth-order valence-corrected chi connectivity index (χ4v) is 4.21. The summed E-state index contributed by atoms with van der Waals surface area (Å²) in [6.45, 7) is 1.69. The molecule has 2 aliphatic rings. The zero-order valence-corrected chi connectivity index (χ0v) is 17.0. The van der Waals surface area contributed by atoms with Gasteiger partial charge in [-0.25, -0.2) is 4.79 Å². The van der Waals surface area contributed by atoms with Gasteiger partial charge in [0.1, 0.15) is 22.8 Å². The summed E-state index contributed by atoms with van der Waals surface area (Å²) in [4.78, 5) is 39.6. The molecule has 0 amide bonds. The van der Waals surface area contributed by atoms with E-state index in [9.17, 15) is 24.6 Å². The molecule has 0 spiro atoms. The number of phenols is 1. The number of allylic oxidation sites excluding steroid dienone is 2. The van der Waals surface area contributed by atoms with Crippen LogP contribution < -0.4 is 4.74 Å². The quantitative estimate of drug-likeness (QED) is 0.727. The number of phenolic OH excluding ortho intramolecular Hbond substituents is 1. The smallest absolute Gasteiger partial charge is 0.342 e. The van der Waals surface area contributed by atoms with Crippen molar-refractivity contribution in [2.45, 2.75) is 13.3 Å². The van der Waals surface area contributed by atoms with Gasteiger partial charge in [-0.15, -0.1) is 0 Å². The van der Waals surface area contributed by atoms with Crippen molar-refractivity contribution >= 4 is 23.1 Å². The van der Waals surface area contributed by atoms with Crippen LogP contribution in [-0.4, -0.2) is 41.5 Å². The maximum absolute atomic E-state index is 13.6. The molecule has 7 heteroatoms. The van der Waals surface area contributed by atoms with E-state index < -0.39 is 23.5 Å². The average molecular weight is 420 g/mol. The molecule has 0 radical (unpaired) electrons. The van der Waals surface area contributed by atoms with Gasteiger partial charge in [-0.2, -0.15) is 0 Å². The number of carbonyl (C=O) groups is 3. The predicted octanol–water partition coefficient (Wildman–Crippen LogP) is 3.63. The number of carbonyl (C=O) groups excluding carboxylic acids is 3. The molecule has 158 valence electrons. The van der Waals surface area contributed by atoms with Crippen molar-refractivity contribution in [2.75, 3.05) is 13.7 Å². The van der Waals surface area contributed by atoms with E-state index in [0.717, 1.165) is 0 Å². The lowest BCUT2D eigenvalue weighted by Crippen LogP contribution is -2.34. The van der Waals surface area contributed by atoms with Crippen LogP contribution in [0.2, 0.25) is 0 Å². The molecule has 0 bridgehead atoms. The molecule has 2 aromatic rings. The van der Waals surface area contributed by atoms with Crippen LogP contribution in [0.1, 0.15) is 39.6 Å². The third-order valence-corrected chi connectivity index (χ3v) is 5.51. The molecule has 0 aromatic heterocycles. The summed E-state index contributed by atoms with van der Waals surface area (Å²) in [5, 5.41) is 21.1. The number of benzene rings is 2. The Morgan fingerprint density at radius 3 is 2.48 bits per heavy atom. The zero-order valence-electron chi connectivity index (χ0n) is 17.0. The Bertz CT molecular complexity index is 1190. The largest absolute Gasteiger partial charge is 0.511 e. The first-order valence-corrected chi connectivity index (χ1v) is 9.78. The maximum Gasteiger partial charge on any atom is 0.342 e. The molecule has 31 heavy (non-hydrogen) atoms. The molecule has 7 nitrogen and oxygen atoms in total. The van der Waals surface area contributed by atoms with Crippen LogP contribution in [0.25, 0.3) is 5.57 Å². The summed E-state index contributed by atoms with van der Waals surface area (Å²) in [5.41, 5.74) is 0.263. The molecule has 1 unspecified atom stereocenters. The van der Waals surface area contributed by atoms with E-state index in [1.165, 1.54) is 25.3 Å². The molecule has 0 saturated heterocycles. The van der Waals surface area contributed by atoms with E-state index in [1.54, 1.807) is 31.2 Å². The van der Waals surface area contributed by atoms with Gasteiger partial charge in [-0.3, -0.25) is 9.59 Å². The number of ketones is 2. The molecule has 0 saturated carbocycles. The van der Waals surface area contributed by atoms with Crippen LogP contribution >= 0.6 is 0 Å². The summed E-state index contributed by atoms with van der Waals surface area (Å²) in [6, 6.07) is 11.0. The van der Waals surface area contributed by atoms with E-state index in [2.05, 4.69) is 0 Å². The number of aliphatic hydroxyl groups excluding tert-OH is 1. The van der Waals surface area contributed by atoms with Crippen LogP contribution in [0.4, 0.5) is 0 Å². The maximum atomic E-state index is 13.6. The van der Waals surface area contributed by atoms with Gasteiger partial charge in [-0.1, -0.05) is 30.3 Å². The first-order valence-electron chi connectivity index (χ1n) is 9.78. The highest BCUT2D eigenvalue weighted by Crippen LogP contribution is 2.48. The number of fused-ring (bicyclic) bond motifs is 2. The van der Waals surface area contributed by atoms with Gasteiger partial charge >= 0.3 is 5.97 Å². The van der Waals surface area contributed by atoms with Crippen molar-refractivity contribution in [3.63, 3.8) is 0 Å². The Balaban J connectivity index is 2.09. The van der Waals surface area contributed by atoms with E-state index in [1.807, 2.05) is 0 Å². The molecule has 0 fully saturated rings. The van der Waals surface area contributed by atoms with Crippen LogP contribution in [0.15, 0.2) is 59.4 Å². The Kier molecular flexibility index (Phi) is 5.10. The number of Topliss-reactive ketones (excluding diaryl/α,β-unsaturated/α-hetero) is 2. The van der Waals surface area contributed by atoms with Gasteiger partial charge in [0.25, 0.3) is 0 Å². The molecule has 1 atom stereocenters. The van der Waals surface area contributed by atoms with E-state index >= 15 is 0 Å². The van der Waals surface area contributed by atoms with Gasteiger partial charge in [-0.05, 0) is 19.1 Å². The fourth-order valence-electron chi connectivity index (χ4n) is 4.21. The molecular formula is C24H20O7. The summed E-state index contributed by atoms with van der Waals surface area (Å²) in [6.07, 6.45) is -0.220. The van der Waals surface area contributed by atoms with E-state index in [-0.39, 0.29) is 52.4 Å². The molecule has 2 aromatic carbocycles. The minimum absolute atomic E-state index is 0.0318. The average Bonchev–Trinajstić information content (AvgIpc) is 2.76. The Morgan fingerprint density at radius 1 is 1.06 bits per heavy atom. The normalized spacial score (nSPS) is 17.9. The second kappa shape index (κ2) is 7.75. The third kappa shape index (κ3) is 3.09. The lowest BCUT2D eigenvalue weighted by Gasteiger charge is -2.32. The number of hydrogen-bond acceptors (Lipinski definition) is 7. The second-order valence-corrected chi connectivity index (χ2v) is 7.18. The first-order chi connectivity index (χ1) is 14.9. The highest BCUT2D eigenvalue weighted by Gasteiger charge is 2.46. The minimum Gasteiger partial charge on any atom is -0.511 e. The Labute approximate surface area is 178 Å². The predicted molar refractivity (Wildman–Crippen MR) is 111 cm³/mol. The number of ether oxygens (including phenoxy) is 2. The SMILES string of the molecule is CCOC(=O)C1=C(O)CC2C(=O)c3cccc(O)c3C(=O)C2=C1c1ccccc1OC. The Hall–Kier alpha value is -3.87. The number of esters is 1. The van der Waals surface area contributed by atoms with Crippen molar-refractivity contribution in [1.82, 2.24) is 0 Å². The molecule has 4 rings (SSSR count). The van der Waals surface area contributed by atoms with Crippen molar-refractivity contribution in [2.24, 2.45) is 5.92 Å². The van der Waals surface area contributed by atoms with E-state index in [4.69, 9.17) is 9.47 Å². The lowest BCUT2D eigenvalue weighted by atomic mass is 9.69. The topological polar surface area (TPSA) is 110 Å². The molecular weight excluding hydrogens is 400 g/mol. The number of methoxy groups -OCH3 is 1. The van der Waals surface area contributed by atoms with Gasteiger partial charge in [0.2, 0.25) is 0 Å². The number of hydrogen-bond donors (Lipinski definition) is 2. The molecule has 0 aliphatic heterocycles. The number of rotatable bonds is 4. The summed E-state index contributed by atoms with van der Waals surface area (Å²) in [7, 11) is 1.44. The first kappa shape index (κ1) is 20.4. The summed E-state index contributed by atoms with van der Waals surface area (Å²) < 4.78 is 10.6. The van der Waals surface area contributed by atoms with E-state index in [0.29, 0.717) is 11.3 Å². The van der Waals surface area contributed by atoms with Crippen LogP contribution in [0, 0.1) is 5.92 Å². The number of para-hydroxylation sites is 1. The van der Waals surface area contributed by atoms with Crippen molar-refractivity contribution in [3.05, 3.63) is 76.1 Å². The van der Waals surface area contributed by atoms with Crippen molar-refractivity contribution in [1.29, 1.82) is 0 Å². The molecule has 0 heterocycles. The molecule has 2 aliphatic carbocycles. The van der Waals surface area contributed by atoms with Gasteiger partial charge in [0.15, 0.2) is 11.6 Å². The zero-order chi connectivity index (χ0) is 22.3. The van der Waals surface area contributed by atoms with Gasteiger partial charge < -0.3 is 19.7 Å². The standard InChI is InChI=1S/C24H20O7/c1-3-31-24(29)21-16(26)11-14-20(19(21)12-7-4-5-10-17(12)30-2)23(28)18-13(22(14)27)8-6-9-15(18)25/h4-10,14,25-26H,3,11H2,1-2H3. The van der Waals surface area contributed by atoms with Crippen LogP contribution in [-0.2, 0) is 9.53 Å². The van der Waals surface area contributed by atoms with Gasteiger partial charge in [0, 0.05) is 28.7 Å². The summed E-state index contributed by atoms with van der Waals surface area (Å²) in [5.74, 6) is -3.11. The van der Waals surface area contributed by atoms with Gasteiger partial charge in [0.05, 0.1) is 25.2 Å². The minimum atomic E-state index is -1.00. The van der Waals surface area contributed by atoms with Crippen LogP contribution in [0.3, 0.4) is 0 Å². The summed E-state index contributed by atoms with van der Waals surface area (Å²) >= 11 is 0. The fraction of sp³-hybridized carbons (Fsp3) is 0.208. The lowest BCUT2D eigenvalue weighted by molar-refractivity contribution is -0.138. The van der Waals surface area contributed by atoms with Crippen molar-refractivity contribution in [3.8, 4) is 11.5 Å². The number of aliphatic hydroxyl groups is 1. The number of aromatic hydroxyl groups is 1. The monoisotopic (exact) mass is 420 g/mol.